The van der Waals surface area contributed by atoms with E-state index in [4.69, 9.17) is 4.74 Å². The Bertz CT molecular complexity index is 820. The van der Waals surface area contributed by atoms with Crippen LogP contribution >= 0.6 is 0 Å². The zero-order valence-corrected chi connectivity index (χ0v) is 14.8. The smallest absolute Gasteiger partial charge is 0.131 e. The van der Waals surface area contributed by atoms with E-state index in [0.717, 1.165) is 40.8 Å². The van der Waals surface area contributed by atoms with Gasteiger partial charge in [0, 0.05) is 5.56 Å². The highest BCUT2D eigenvalue weighted by Gasteiger charge is 2.07. The van der Waals surface area contributed by atoms with Crippen LogP contribution in [0.3, 0.4) is 0 Å². The van der Waals surface area contributed by atoms with Gasteiger partial charge >= 0.3 is 0 Å². The Labute approximate surface area is 149 Å². The predicted molar refractivity (Wildman–Crippen MR) is 102 cm³/mol. The number of benzene rings is 3. The van der Waals surface area contributed by atoms with Gasteiger partial charge in [0.1, 0.15) is 11.6 Å². The van der Waals surface area contributed by atoms with E-state index in [-0.39, 0.29) is 5.82 Å². The average molecular weight is 334 g/mol. The van der Waals surface area contributed by atoms with Gasteiger partial charge in [0.2, 0.25) is 0 Å². The highest BCUT2D eigenvalue weighted by molar-refractivity contribution is 5.71. The summed E-state index contributed by atoms with van der Waals surface area (Å²) in [6, 6.07) is 21.6. The van der Waals surface area contributed by atoms with Crippen LogP contribution in [-0.2, 0) is 6.42 Å². The van der Waals surface area contributed by atoms with Gasteiger partial charge in [-0.3, -0.25) is 0 Å². The Morgan fingerprint density at radius 1 is 0.760 bits per heavy atom. The molecule has 0 radical (unpaired) electrons. The van der Waals surface area contributed by atoms with Crippen LogP contribution in [0.1, 0.15) is 25.8 Å². The van der Waals surface area contributed by atoms with E-state index in [1.165, 1.54) is 0 Å². The lowest BCUT2D eigenvalue weighted by molar-refractivity contribution is 0.340. The molecule has 0 aliphatic heterocycles. The first-order valence-electron chi connectivity index (χ1n) is 8.83. The molecule has 0 bridgehead atoms. The standard InChI is InChI=1S/C23H23FO/c1-3-5-17-6-15-22(23(24)16-17)20-9-7-18(8-10-20)19-11-13-21(14-12-19)25-4-2/h6-16H,3-5H2,1-2H3. The lowest BCUT2D eigenvalue weighted by Crippen LogP contribution is -1.91. The molecule has 0 aromatic heterocycles. The molecule has 0 amide bonds. The van der Waals surface area contributed by atoms with E-state index in [2.05, 4.69) is 6.92 Å². The highest BCUT2D eigenvalue weighted by atomic mass is 19.1. The summed E-state index contributed by atoms with van der Waals surface area (Å²) >= 11 is 0. The van der Waals surface area contributed by atoms with Crippen LogP contribution in [0.5, 0.6) is 5.75 Å². The van der Waals surface area contributed by atoms with Crippen LogP contribution < -0.4 is 4.74 Å². The second-order valence-electron chi connectivity index (χ2n) is 6.10. The van der Waals surface area contributed by atoms with Gasteiger partial charge in [0.25, 0.3) is 0 Å². The third-order valence-corrected chi connectivity index (χ3v) is 4.27. The van der Waals surface area contributed by atoms with Gasteiger partial charge < -0.3 is 4.74 Å². The molecule has 2 heteroatoms. The van der Waals surface area contributed by atoms with Crippen molar-refractivity contribution in [2.75, 3.05) is 6.61 Å². The van der Waals surface area contributed by atoms with Crippen molar-refractivity contribution in [3.05, 3.63) is 78.1 Å². The van der Waals surface area contributed by atoms with Crippen molar-refractivity contribution in [3.8, 4) is 28.0 Å². The maximum atomic E-state index is 14.4. The summed E-state index contributed by atoms with van der Waals surface area (Å²) in [7, 11) is 0. The number of hydrogen-bond donors (Lipinski definition) is 0. The van der Waals surface area contributed by atoms with Crippen molar-refractivity contribution < 1.29 is 9.13 Å². The third-order valence-electron chi connectivity index (χ3n) is 4.27. The molecule has 25 heavy (non-hydrogen) atoms. The highest BCUT2D eigenvalue weighted by Crippen LogP contribution is 2.28. The predicted octanol–water partition coefficient (Wildman–Crippen LogP) is 6.51. The number of hydrogen-bond acceptors (Lipinski definition) is 1. The monoisotopic (exact) mass is 334 g/mol. The van der Waals surface area contributed by atoms with Gasteiger partial charge in [-0.1, -0.05) is 61.9 Å². The third kappa shape index (κ3) is 4.08. The number of aryl methyl sites for hydroxylation is 1. The van der Waals surface area contributed by atoms with Crippen molar-refractivity contribution in [1.29, 1.82) is 0 Å². The van der Waals surface area contributed by atoms with Crippen LogP contribution in [0, 0.1) is 5.82 Å². The first-order chi connectivity index (χ1) is 12.2. The molecule has 0 unspecified atom stereocenters. The molecule has 0 saturated heterocycles. The molecule has 0 heterocycles. The molecule has 3 aromatic carbocycles. The van der Waals surface area contributed by atoms with Crippen molar-refractivity contribution in [1.82, 2.24) is 0 Å². The van der Waals surface area contributed by atoms with Gasteiger partial charge in [-0.2, -0.15) is 0 Å². The van der Waals surface area contributed by atoms with Crippen LogP contribution in [0.15, 0.2) is 66.7 Å². The maximum absolute atomic E-state index is 14.4. The topological polar surface area (TPSA) is 9.23 Å². The summed E-state index contributed by atoms with van der Waals surface area (Å²) < 4.78 is 19.9. The van der Waals surface area contributed by atoms with Crippen LogP contribution in [0.25, 0.3) is 22.3 Å². The zero-order chi connectivity index (χ0) is 17.6. The van der Waals surface area contributed by atoms with Crippen LogP contribution in [0.4, 0.5) is 4.39 Å². The van der Waals surface area contributed by atoms with E-state index < -0.39 is 0 Å². The Kier molecular flexibility index (Phi) is 5.49. The summed E-state index contributed by atoms with van der Waals surface area (Å²) in [5.74, 6) is 0.719. The van der Waals surface area contributed by atoms with Gasteiger partial charge in [-0.25, -0.2) is 4.39 Å². The van der Waals surface area contributed by atoms with E-state index in [1.54, 1.807) is 6.07 Å². The molecule has 0 aliphatic rings. The fourth-order valence-corrected chi connectivity index (χ4v) is 2.99. The minimum absolute atomic E-state index is 0.153. The fourth-order valence-electron chi connectivity index (χ4n) is 2.99. The van der Waals surface area contributed by atoms with Crippen molar-refractivity contribution in [2.45, 2.75) is 26.7 Å². The van der Waals surface area contributed by atoms with Gasteiger partial charge in [-0.15, -0.1) is 0 Å². The van der Waals surface area contributed by atoms with Gasteiger partial charge in [0.15, 0.2) is 0 Å². The molecule has 0 atom stereocenters. The lowest BCUT2D eigenvalue weighted by Gasteiger charge is -2.08. The fraction of sp³-hybridized carbons (Fsp3) is 0.217. The van der Waals surface area contributed by atoms with Crippen molar-refractivity contribution in [3.63, 3.8) is 0 Å². The molecule has 0 aliphatic carbocycles. The van der Waals surface area contributed by atoms with Crippen molar-refractivity contribution >= 4 is 0 Å². The Hall–Kier alpha value is -2.61. The van der Waals surface area contributed by atoms with Gasteiger partial charge in [-0.05, 0) is 53.8 Å². The molecule has 128 valence electrons. The summed E-state index contributed by atoms with van der Waals surface area (Å²) in [5.41, 5.74) is 4.83. The molecule has 3 aromatic rings. The summed E-state index contributed by atoms with van der Waals surface area (Å²) in [4.78, 5) is 0. The van der Waals surface area contributed by atoms with E-state index >= 15 is 0 Å². The minimum atomic E-state index is -0.153. The first kappa shape index (κ1) is 17.2. The minimum Gasteiger partial charge on any atom is -0.494 e. The number of halogens is 1. The Morgan fingerprint density at radius 3 is 1.92 bits per heavy atom. The summed E-state index contributed by atoms with van der Waals surface area (Å²) in [6.07, 6.45) is 1.93. The lowest BCUT2D eigenvalue weighted by atomic mass is 9.98. The second-order valence-corrected chi connectivity index (χ2v) is 6.10. The summed E-state index contributed by atoms with van der Waals surface area (Å²) in [5, 5.41) is 0. The normalized spacial score (nSPS) is 10.7. The Morgan fingerprint density at radius 2 is 1.36 bits per heavy atom. The van der Waals surface area contributed by atoms with E-state index in [9.17, 15) is 4.39 Å². The maximum Gasteiger partial charge on any atom is 0.131 e. The molecular formula is C23H23FO. The molecule has 0 fully saturated rings. The van der Waals surface area contributed by atoms with E-state index in [0.29, 0.717) is 12.2 Å². The summed E-state index contributed by atoms with van der Waals surface area (Å²) in [6.45, 7) is 4.74. The molecule has 1 nitrogen and oxygen atoms in total. The number of rotatable bonds is 6. The largest absolute Gasteiger partial charge is 0.494 e. The van der Waals surface area contributed by atoms with E-state index in [1.807, 2.05) is 67.6 Å². The first-order valence-corrected chi connectivity index (χ1v) is 8.83. The quantitative estimate of drug-likeness (QED) is 0.499. The molecule has 0 spiro atoms. The molecular weight excluding hydrogens is 311 g/mol. The van der Waals surface area contributed by atoms with Crippen LogP contribution in [0.2, 0.25) is 0 Å². The number of ether oxygens (including phenoxy) is 1. The zero-order valence-electron chi connectivity index (χ0n) is 14.8. The van der Waals surface area contributed by atoms with Crippen molar-refractivity contribution in [2.24, 2.45) is 0 Å². The Balaban J connectivity index is 1.82. The molecule has 0 N–H and O–H groups in total. The average Bonchev–Trinajstić information content (AvgIpc) is 2.63. The SMILES string of the molecule is CCCc1ccc(-c2ccc(-c3ccc(OCC)cc3)cc2)c(F)c1. The second kappa shape index (κ2) is 7.98. The molecule has 3 rings (SSSR count). The van der Waals surface area contributed by atoms with Gasteiger partial charge in [0.05, 0.1) is 6.61 Å². The van der Waals surface area contributed by atoms with Crippen LogP contribution in [-0.4, -0.2) is 6.61 Å². The molecule has 0 saturated carbocycles.